The van der Waals surface area contributed by atoms with E-state index in [2.05, 4.69) is 78.1 Å². The van der Waals surface area contributed by atoms with E-state index in [1.165, 1.54) is 33.9 Å². The van der Waals surface area contributed by atoms with Crippen LogP contribution in [0.3, 0.4) is 0 Å². The average Bonchev–Trinajstić information content (AvgIpc) is 3.45. The van der Waals surface area contributed by atoms with Gasteiger partial charge in [-0.2, -0.15) is 13.2 Å². The maximum absolute atomic E-state index is 12.2. The van der Waals surface area contributed by atoms with Crippen molar-refractivity contribution in [2.45, 2.75) is 65.0 Å². The van der Waals surface area contributed by atoms with Crippen molar-refractivity contribution in [2.75, 3.05) is 21.3 Å². The Morgan fingerprint density at radius 2 is 0.852 bits per heavy atom. The number of para-hydroxylation sites is 1. The molecule has 0 saturated heterocycles. The van der Waals surface area contributed by atoms with Crippen LogP contribution in [0.5, 0.6) is 17.2 Å². The van der Waals surface area contributed by atoms with Crippen LogP contribution in [0.2, 0.25) is 30.1 Å². The maximum Gasteiger partial charge on any atom is 0.416 e. The molecule has 0 saturated carbocycles. The number of halogens is 9. The van der Waals surface area contributed by atoms with Crippen molar-refractivity contribution in [1.29, 1.82) is 0 Å². The molecule has 0 aromatic heterocycles. The number of benzene rings is 7. The van der Waals surface area contributed by atoms with E-state index in [-0.39, 0.29) is 0 Å². The Hall–Kier alpha value is -6.35. The molecular weight excluding hydrogens is 1150 g/mol. The van der Waals surface area contributed by atoms with Crippen LogP contribution in [0.25, 0.3) is 0 Å². The standard InChI is InChI=1S/C11H14O2.C11H14.C10H9F3.C10H12O.3C9H8Cl2/c1-4-5-9-6-7-10(12-2)11(8-9)13-3;1-4-5-11-7-6-9(2)10(3)8-11;1-2-4-8-5-3-6-9(7-8)10(11,12)13;1-3-6-9-7-4-5-8-10(9)11-2;1-2-4-7-8(10)5-3-6-9(7)11;1-2-3-7-4-5-8(10)6-9(7)11;1-2-3-7-4-5-8(10)9(11)6-7/h4,6-8H,1,5H2,2-3H3;4,6-8H,1,5H2,2-3H3;2-3,5-7H,1,4H2;3-5,7-8H,1,6H2,2H3;2-3,5-6H,1,4H2;2*2,4-6H,1,3H2. The molecule has 0 aliphatic heterocycles. The molecule has 0 atom stereocenters. The summed E-state index contributed by atoms with van der Waals surface area (Å²) in [6.45, 7) is 29.7. The van der Waals surface area contributed by atoms with Crippen LogP contribution in [0, 0.1) is 13.8 Å². The summed E-state index contributed by atoms with van der Waals surface area (Å²) >= 11 is 34.8. The van der Waals surface area contributed by atoms with Gasteiger partial charge in [-0.1, -0.05) is 191 Å². The zero-order valence-electron chi connectivity index (χ0n) is 46.8. The summed E-state index contributed by atoms with van der Waals surface area (Å²) < 4.78 is 52.0. The monoisotopic (exact) mass is 1220 g/mol. The van der Waals surface area contributed by atoms with Crippen molar-refractivity contribution in [3.8, 4) is 17.2 Å². The molecule has 0 N–H and O–H groups in total. The van der Waals surface area contributed by atoms with Crippen LogP contribution < -0.4 is 14.2 Å². The van der Waals surface area contributed by atoms with Gasteiger partial charge in [-0.25, -0.2) is 0 Å². The van der Waals surface area contributed by atoms with E-state index in [0.717, 1.165) is 84.6 Å². The lowest BCUT2D eigenvalue weighted by atomic mass is 10.0. The van der Waals surface area contributed by atoms with Crippen LogP contribution >= 0.6 is 69.6 Å². The molecule has 3 nitrogen and oxygen atoms in total. The Morgan fingerprint density at radius 3 is 1.36 bits per heavy atom. The summed E-state index contributed by atoms with van der Waals surface area (Å²) in [6, 6.07) is 42.2. The largest absolute Gasteiger partial charge is 0.496 e. The molecule has 81 heavy (non-hydrogen) atoms. The van der Waals surface area contributed by atoms with Gasteiger partial charge in [0.15, 0.2) is 11.5 Å². The molecule has 0 aliphatic carbocycles. The first-order valence-electron chi connectivity index (χ1n) is 25.3. The number of alkyl halides is 3. The normalized spacial score (nSPS) is 9.80. The van der Waals surface area contributed by atoms with Gasteiger partial charge in [0.2, 0.25) is 0 Å². The summed E-state index contributed by atoms with van der Waals surface area (Å²) in [4.78, 5) is 0. The number of rotatable bonds is 17. The second kappa shape index (κ2) is 41.6. The average molecular weight is 1220 g/mol. The molecule has 0 fully saturated rings. The van der Waals surface area contributed by atoms with Gasteiger partial charge in [0.1, 0.15) is 5.75 Å². The number of hydrogen-bond acceptors (Lipinski definition) is 3. The molecule has 0 spiro atoms. The number of allylic oxidation sites excluding steroid dienone is 7. The minimum atomic E-state index is -4.25. The van der Waals surface area contributed by atoms with Gasteiger partial charge in [0, 0.05) is 20.1 Å². The zero-order chi connectivity index (χ0) is 60.8. The third kappa shape index (κ3) is 29.3. The van der Waals surface area contributed by atoms with E-state index in [1.54, 1.807) is 51.7 Å². The van der Waals surface area contributed by atoms with Crippen LogP contribution in [0.1, 0.15) is 55.6 Å². The summed E-state index contributed by atoms with van der Waals surface area (Å²) in [5.41, 5.74) is 9.60. The first-order chi connectivity index (χ1) is 38.7. The predicted octanol–water partition coefficient (Wildman–Crippen LogP) is 22.5. The third-order valence-corrected chi connectivity index (χ3v) is 13.2. The summed E-state index contributed by atoms with van der Waals surface area (Å²) in [7, 11) is 4.95. The summed E-state index contributed by atoms with van der Waals surface area (Å²) in [6.07, 6.45) is 13.9. The number of ether oxygens (including phenoxy) is 3. The molecular formula is C69H73Cl6F3O3. The van der Waals surface area contributed by atoms with Crippen molar-refractivity contribution < 1.29 is 27.4 Å². The lowest BCUT2D eigenvalue weighted by Gasteiger charge is -2.08. The zero-order valence-corrected chi connectivity index (χ0v) is 51.4. The molecule has 0 radical (unpaired) electrons. The second-order valence-corrected chi connectivity index (χ2v) is 19.7. The summed E-state index contributed by atoms with van der Waals surface area (Å²) in [5.74, 6) is 2.46. The quantitative estimate of drug-likeness (QED) is 0.0851. The molecule has 0 bridgehead atoms. The molecule has 0 amide bonds. The van der Waals surface area contributed by atoms with Gasteiger partial charge in [-0.3, -0.25) is 0 Å². The molecule has 7 aromatic rings. The Balaban J connectivity index is 0.000000473. The fraction of sp³-hybridized carbons (Fsp3) is 0.188. The highest BCUT2D eigenvalue weighted by atomic mass is 35.5. The van der Waals surface area contributed by atoms with Crippen molar-refractivity contribution >= 4 is 69.6 Å². The van der Waals surface area contributed by atoms with E-state index in [1.807, 2.05) is 115 Å². The van der Waals surface area contributed by atoms with Crippen LogP contribution in [0.15, 0.2) is 228 Å². The minimum absolute atomic E-state index is 0.462. The molecule has 0 aliphatic rings. The van der Waals surface area contributed by atoms with Gasteiger partial charge in [0.05, 0.1) is 36.9 Å². The van der Waals surface area contributed by atoms with E-state index in [9.17, 15) is 13.2 Å². The van der Waals surface area contributed by atoms with E-state index in [0.29, 0.717) is 42.1 Å². The van der Waals surface area contributed by atoms with E-state index >= 15 is 0 Å². The molecule has 7 aromatic carbocycles. The minimum Gasteiger partial charge on any atom is -0.496 e. The highest BCUT2D eigenvalue weighted by Crippen LogP contribution is 2.31. The number of methoxy groups -OCH3 is 3. The van der Waals surface area contributed by atoms with E-state index < -0.39 is 11.7 Å². The van der Waals surface area contributed by atoms with Gasteiger partial charge in [0.25, 0.3) is 0 Å². The fourth-order valence-corrected chi connectivity index (χ4v) is 8.25. The van der Waals surface area contributed by atoms with Crippen LogP contribution in [0.4, 0.5) is 13.2 Å². The topological polar surface area (TPSA) is 27.7 Å². The molecule has 12 heteroatoms. The van der Waals surface area contributed by atoms with Gasteiger partial charge < -0.3 is 14.2 Å². The SMILES string of the molecule is C=CCc1c(Cl)cccc1Cl.C=CCc1ccc(C)c(C)c1.C=CCc1ccc(Cl)c(Cl)c1.C=CCc1ccc(Cl)cc1Cl.C=CCc1ccc(OC)c(OC)c1.C=CCc1cccc(C(F)(F)F)c1.C=CCc1ccccc1OC. The van der Waals surface area contributed by atoms with Crippen molar-refractivity contribution in [2.24, 2.45) is 0 Å². The molecule has 0 unspecified atom stereocenters. The lowest BCUT2D eigenvalue weighted by molar-refractivity contribution is -0.137. The van der Waals surface area contributed by atoms with Gasteiger partial charge >= 0.3 is 6.18 Å². The number of aryl methyl sites for hydroxylation is 2. The van der Waals surface area contributed by atoms with Crippen molar-refractivity contribution in [3.63, 3.8) is 0 Å². The predicted molar refractivity (Wildman–Crippen MR) is 347 cm³/mol. The Morgan fingerprint density at radius 1 is 0.370 bits per heavy atom. The molecule has 430 valence electrons. The smallest absolute Gasteiger partial charge is 0.416 e. The molecule has 0 heterocycles. The van der Waals surface area contributed by atoms with Crippen molar-refractivity contribution in [3.05, 3.63) is 314 Å². The Kier molecular flexibility index (Phi) is 37.3. The fourth-order valence-electron chi connectivity index (χ4n) is 6.89. The van der Waals surface area contributed by atoms with Gasteiger partial charge in [-0.15, -0.1) is 46.1 Å². The summed E-state index contributed by atoms with van der Waals surface area (Å²) in [5, 5.41) is 3.99. The first kappa shape index (κ1) is 72.7. The van der Waals surface area contributed by atoms with Gasteiger partial charge in [-0.05, 0) is 170 Å². The third-order valence-electron chi connectivity index (χ3n) is 11.1. The second-order valence-electron chi connectivity index (χ2n) is 17.3. The van der Waals surface area contributed by atoms with Crippen LogP contribution in [-0.2, 0) is 51.1 Å². The Labute approximate surface area is 510 Å². The first-order valence-corrected chi connectivity index (χ1v) is 27.6. The highest BCUT2D eigenvalue weighted by Gasteiger charge is 2.30. The van der Waals surface area contributed by atoms with Crippen molar-refractivity contribution in [1.82, 2.24) is 0 Å². The molecule has 7 rings (SSSR count). The van der Waals surface area contributed by atoms with E-state index in [4.69, 9.17) is 83.8 Å². The Bertz CT molecular complexity index is 2980. The highest BCUT2D eigenvalue weighted by molar-refractivity contribution is 6.42. The maximum atomic E-state index is 12.2. The number of hydrogen-bond donors (Lipinski definition) is 0. The lowest BCUT2D eigenvalue weighted by Crippen LogP contribution is -2.04. The van der Waals surface area contributed by atoms with Crippen LogP contribution in [-0.4, -0.2) is 21.3 Å².